The monoisotopic (exact) mass is 496 g/mol. The summed E-state index contributed by atoms with van der Waals surface area (Å²) in [7, 11) is 3.03. The van der Waals surface area contributed by atoms with Gasteiger partial charge >= 0.3 is 0 Å². The highest BCUT2D eigenvalue weighted by Crippen LogP contribution is 2.34. The van der Waals surface area contributed by atoms with Crippen LogP contribution in [0.15, 0.2) is 97.1 Å². The lowest BCUT2D eigenvalue weighted by atomic mass is 9.91. The molecule has 0 amide bonds. The van der Waals surface area contributed by atoms with Crippen LogP contribution >= 0.6 is 0 Å². The molecule has 0 bridgehead atoms. The minimum atomic E-state index is -1.05. The number of carbonyl (C=O) groups excluding carboxylic acids is 2. The van der Waals surface area contributed by atoms with E-state index in [1.165, 1.54) is 14.2 Å². The first-order valence-electron chi connectivity index (χ1n) is 11.8. The second-order valence-electron chi connectivity index (χ2n) is 8.30. The van der Waals surface area contributed by atoms with Crippen molar-refractivity contribution < 1.29 is 28.5 Å². The average Bonchev–Trinajstić information content (AvgIpc) is 2.96. The summed E-state index contributed by atoms with van der Waals surface area (Å²) in [5.41, 5.74) is 2.75. The zero-order valence-corrected chi connectivity index (χ0v) is 20.8. The Morgan fingerprint density at radius 3 is 1.92 bits per heavy atom. The van der Waals surface area contributed by atoms with Crippen molar-refractivity contribution in [1.29, 1.82) is 0 Å². The van der Waals surface area contributed by atoms with E-state index in [0.29, 0.717) is 41.5 Å². The zero-order chi connectivity index (χ0) is 26.0. The van der Waals surface area contributed by atoms with Gasteiger partial charge in [-0.1, -0.05) is 66.7 Å². The molecular weight excluding hydrogens is 468 g/mol. The van der Waals surface area contributed by atoms with Crippen LogP contribution in [0.5, 0.6) is 23.0 Å². The highest BCUT2D eigenvalue weighted by atomic mass is 16.5. The summed E-state index contributed by atoms with van der Waals surface area (Å²) in [5.74, 6) is 0.402. The molecule has 4 aromatic carbocycles. The van der Waals surface area contributed by atoms with Crippen LogP contribution in [0, 0.1) is 0 Å². The van der Waals surface area contributed by atoms with E-state index in [0.717, 1.165) is 11.1 Å². The number of carbonyl (C=O) groups is 2. The topological polar surface area (TPSA) is 71.1 Å². The van der Waals surface area contributed by atoms with E-state index in [-0.39, 0.29) is 18.0 Å². The molecule has 0 aromatic heterocycles. The third-order valence-corrected chi connectivity index (χ3v) is 5.89. The Morgan fingerprint density at radius 2 is 1.32 bits per heavy atom. The number of ether oxygens (including phenoxy) is 4. The number of hydrogen-bond acceptors (Lipinski definition) is 6. The Morgan fingerprint density at radius 1 is 0.703 bits per heavy atom. The summed E-state index contributed by atoms with van der Waals surface area (Å²) in [6, 6.07) is 29.5. The van der Waals surface area contributed by atoms with Crippen molar-refractivity contribution in [2.45, 2.75) is 19.1 Å². The van der Waals surface area contributed by atoms with Crippen molar-refractivity contribution >= 4 is 12.1 Å². The van der Waals surface area contributed by atoms with Gasteiger partial charge in [-0.25, -0.2) is 0 Å². The van der Waals surface area contributed by atoms with Gasteiger partial charge in [0.25, 0.3) is 0 Å². The SMILES string of the molecule is COc1ccc(C(C=O)C(=O)c2ccc(OCc3ccccc3)cc2OCc2ccccc2)cc1OC. The Labute approximate surface area is 216 Å². The number of aldehydes is 1. The van der Waals surface area contributed by atoms with Gasteiger partial charge in [0.1, 0.15) is 36.9 Å². The molecule has 0 aliphatic carbocycles. The predicted octanol–water partition coefficient (Wildman–Crippen LogP) is 6.03. The Bertz CT molecular complexity index is 1330. The molecule has 0 fully saturated rings. The highest BCUT2D eigenvalue weighted by Gasteiger charge is 2.26. The van der Waals surface area contributed by atoms with Crippen molar-refractivity contribution in [2.75, 3.05) is 14.2 Å². The molecule has 0 radical (unpaired) electrons. The molecule has 4 aromatic rings. The minimum Gasteiger partial charge on any atom is -0.493 e. The van der Waals surface area contributed by atoms with Gasteiger partial charge in [-0.05, 0) is 41.0 Å². The van der Waals surface area contributed by atoms with Crippen molar-refractivity contribution in [1.82, 2.24) is 0 Å². The number of hydrogen-bond donors (Lipinski definition) is 0. The molecular formula is C31H28O6. The van der Waals surface area contributed by atoms with Crippen molar-refractivity contribution in [3.8, 4) is 23.0 Å². The number of Topliss-reactive ketones (excluding diaryl/α,β-unsaturated/α-hetero) is 1. The maximum absolute atomic E-state index is 13.6. The van der Waals surface area contributed by atoms with Gasteiger partial charge < -0.3 is 23.7 Å². The summed E-state index contributed by atoms with van der Waals surface area (Å²) in [5, 5.41) is 0. The van der Waals surface area contributed by atoms with Crippen molar-refractivity contribution in [3.05, 3.63) is 119 Å². The molecule has 188 valence electrons. The second kappa shape index (κ2) is 12.4. The normalized spacial score (nSPS) is 11.3. The highest BCUT2D eigenvalue weighted by molar-refractivity contribution is 6.11. The van der Waals surface area contributed by atoms with Crippen LogP contribution in [0.3, 0.4) is 0 Å². The van der Waals surface area contributed by atoms with Crippen LogP contribution in [0.1, 0.15) is 33.0 Å². The molecule has 0 heterocycles. The first-order chi connectivity index (χ1) is 18.1. The summed E-state index contributed by atoms with van der Waals surface area (Å²) in [4.78, 5) is 25.8. The maximum Gasteiger partial charge on any atom is 0.181 e. The minimum absolute atomic E-state index is 0.255. The van der Waals surface area contributed by atoms with E-state index in [9.17, 15) is 9.59 Å². The van der Waals surface area contributed by atoms with Crippen LogP contribution in [0.4, 0.5) is 0 Å². The summed E-state index contributed by atoms with van der Waals surface area (Å²) < 4.78 is 22.7. The smallest absolute Gasteiger partial charge is 0.181 e. The fourth-order valence-corrected chi connectivity index (χ4v) is 3.90. The quantitative estimate of drug-likeness (QED) is 0.136. The van der Waals surface area contributed by atoms with Crippen molar-refractivity contribution in [3.63, 3.8) is 0 Å². The van der Waals surface area contributed by atoms with Gasteiger partial charge in [0.05, 0.1) is 19.8 Å². The third-order valence-electron chi connectivity index (χ3n) is 5.89. The molecule has 0 N–H and O–H groups in total. The first kappa shape index (κ1) is 25.5. The largest absolute Gasteiger partial charge is 0.493 e. The van der Waals surface area contributed by atoms with E-state index < -0.39 is 5.92 Å². The first-order valence-corrected chi connectivity index (χ1v) is 11.8. The van der Waals surface area contributed by atoms with Gasteiger partial charge in [0.2, 0.25) is 0 Å². The Balaban J connectivity index is 1.63. The predicted molar refractivity (Wildman–Crippen MR) is 141 cm³/mol. The van der Waals surface area contributed by atoms with Gasteiger partial charge in [-0.2, -0.15) is 0 Å². The molecule has 37 heavy (non-hydrogen) atoms. The fraction of sp³-hybridized carbons (Fsp3) is 0.161. The third kappa shape index (κ3) is 6.35. The van der Waals surface area contributed by atoms with E-state index in [2.05, 4.69) is 0 Å². The number of ketones is 1. The molecule has 0 saturated heterocycles. The molecule has 6 nitrogen and oxygen atoms in total. The maximum atomic E-state index is 13.6. The van der Waals surface area contributed by atoms with Gasteiger partial charge in [0.15, 0.2) is 17.3 Å². The van der Waals surface area contributed by atoms with Crippen LogP contribution < -0.4 is 18.9 Å². The van der Waals surface area contributed by atoms with E-state index in [1.54, 1.807) is 36.4 Å². The summed E-state index contributed by atoms with van der Waals surface area (Å²) >= 11 is 0. The van der Waals surface area contributed by atoms with E-state index in [4.69, 9.17) is 18.9 Å². The molecule has 4 rings (SSSR count). The average molecular weight is 497 g/mol. The Kier molecular flexibility index (Phi) is 8.55. The Hall–Kier alpha value is -4.58. The lowest BCUT2D eigenvalue weighted by molar-refractivity contribution is -0.108. The van der Waals surface area contributed by atoms with Crippen LogP contribution in [0.25, 0.3) is 0 Å². The zero-order valence-electron chi connectivity index (χ0n) is 20.8. The molecule has 1 atom stereocenters. The summed E-state index contributed by atoms with van der Waals surface area (Å²) in [6.07, 6.45) is 0.629. The molecule has 0 saturated carbocycles. The lowest BCUT2D eigenvalue weighted by Crippen LogP contribution is -2.16. The van der Waals surface area contributed by atoms with Gasteiger partial charge in [-0.15, -0.1) is 0 Å². The molecule has 1 unspecified atom stereocenters. The van der Waals surface area contributed by atoms with Gasteiger partial charge in [-0.3, -0.25) is 4.79 Å². The van der Waals surface area contributed by atoms with Crippen molar-refractivity contribution in [2.24, 2.45) is 0 Å². The molecule has 0 aliphatic rings. The standard InChI is InChI=1S/C31H28O6/c1-34-28-16-13-24(17-30(28)35-2)27(19-32)31(33)26-15-14-25(36-20-22-9-5-3-6-10-22)18-29(26)37-21-23-11-7-4-8-12-23/h3-19,27H,20-21H2,1-2H3. The number of rotatable bonds is 12. The molecule has 6 heteroatoms. The van der Waals surface area contributed by atoms with E-state index in [1.807, 2.05) is 60.7 Å². The molecule has 0 spiro atoms. The fourth-order valence-electron chi connectivity index (χ4n) is 3.90. The summed E-state index contributed by atoms with van der Waals surface area (Å²) in [6.45, 7) is 0.625. The number of methoxy groups -OCH3 is 2. The van der Waals surface area contributed by atoms with Crippen LogP contribution in [-0.4, -0.2) is 26.3 Å². The number of benzene rings is 4. The second-order valence-corrected chi connectivity index (χ2v) is 8.30. The van der Waals surface area contributed by atoms with Crippen LogP contribution in [0.2, 0.25) is 0 Å². The molecule has 0 aliphatic heterocycles. The van der Waals surface area contributed by atoms with E-state index >= 15 is 0 Å². The van der Waals surface area contributed by atoms with Crippen LogP contribution in [-0.2, 0) is 18.0 Å². The van der Waals surface area contributed by atoms with Gasteiger partial charge in [0, 0.05) is 6.07 Å². The lowest BCUT2D eigenvalue weighted by Gasteiger charge is -2.17.